The largest absolute Gasteiger partial charge is 0.338 e. The van der Waals surface area contributed by atoms with Crippen molar-refractivity contribution in [1.29, 1.82) is 0 Å². The summed E-state index contributed by atoms with van der Waals surface area (Å²) in [6.45, 7) is 2.02. The van der Waals surface area contributed by atoms with Crippen LogP contribution >= 0.6 is 0 Å². The minimum Gasteiger partial charge on any atom is -0.338 e. The van der Waals surface area contributed by atoms with E-state index in [1.807, 2.05) is 0 Å². The lowest BCUT2D eigenvalue weighted by molar-refractivity contribution is -0.129. The van der Waals surface area contributed by atoms with Crippen molar-refractivity contribution in [1.82, 2.24) is 20.1 Å². The standard InChI is InChI=1S/C13H14F2N4O/c1-8-16-12(18-17-8)7-19(2)13(20)6-9-3-4-10(14)11(15)5-9/h3-5H,6-7H2,1-2H3,(H,16,17,18). The number of aromatic nitrogens is 3. The minimum atomic E-state index is -0.956. The SMILES string of the molecule is Cc1nc(CN(C)C(=O)Cc2ccc(F)c(F)c2)n[nH]1. The Morgan fingerprint density at radius 1 is 1.35 bits per heavy atom. The molecule has 7 heteroatoms. The molecule has 0 bridgehead atoms. The molecule has 0 radical (unpaired) electrons. The summed E-state index contributed by atoms with van der Waals surface area (Å²) in [5.41, 5.74) is 0.423. The van der Waals surface area contributed by atoms with Crippen LogP contribution in [0.4, 0.5) is 8.78 Å². The van der Waals surface area contributed by atoms with E-state index in [0.717, 1.165) is 12.1 Å². The number of aromatic amines is 1. The van der Waals surface area contributed by atoms with Crippen LogP contribution in [0.2, 0.25) is 0 Å². The molecule has 0 atom stereocenters. The molecule has 0 aliphatic carbocycles. The summed E-state index contributed by atoms with van der Waals surface area (Å²) in [7, 11) is 1.61. The van der Waals surface area contributed by atoms with Gasteiger partial charge in [-0.25, -0.2) is 13.8 Å². The zero-order valence-electron chi connectivity index (χ0n) is 11.2. The summed E-state index contributed by atoms with van der Waals surface area (Å²) in [6.07, 6.45) is -0.00287. The predicted molar refractivity (Wildman–Crippen MR) is 67.7 cm³/mol. The number of H-pyrrole nitrogens is 1. The first-order valence-corrected chi connectivity index (χ1v) is 6.01. The lowest BCUT2D eigenvalue weighted by atomic mass is 10.1. The highest BCUT2D eigenvalue weighted by atomic mass is 19.2. The summed E-state index contributed by atoms with van der Waals surface area (Å²) in [6, 6.07) is 3.43. The van der Waals surface area contributed by atoms with Crippen LogP contribution in [0, 0.1) is 18.6 Å². The van der Waals surface area contributed by atoms with E-state index in [4.69, 9.17) is 0 Å². The second-order valence-electron chi connectivity index (χ2n) is 4.51. The molecule has 106 valence electrons. The summed E-state index contributed by atoms with van der Waals surface area (Å²) in [5.74, 6) is -0.933. The van der Waals surface area contributed by atoms with Crippen molar-refractivity contribution < 1.29 is 13.6 Å². The molecule has 0 saturated carbocycles. The molecule has 1 heterocycles. The highest BCUT2D eigenvalue weighted by Crippen LogP contribution is 2.10. The van der Waals surface area contributed by atoms with Crippen molar-refractivity contribution in [2.24, 2.45) is 0 Å². The number of carbonyl (C=O) groups excluding carboxylic acids is 1. The second kappa shape index (κ2) is 5.77. The molecule has 5 nitrogen and oxygen atoms in total. The lowest BCUT2D eigenvalue weighted by Crippen LogP contribution is -2.28. The fraction of sp³-hybridized carbons (Fsp3) is 0.308. The van der Waals surface area contributed by atoms with Crippen molar-refractivity contribution >= 4 is 5.91 Å². The summed E-state index contributed by atoms with van der Waals surface area (Å²) in [4.78, 5) is 17.5. The maximum atomic E-state index is 13.1. The number of likely N-dealkylation sites (N-methyl/N-ethyl adjacent to an activating group) is 1. The van der Waals surface area contributed by atoms with E-state index in [-0.39, 0.29) is 18.9 Å². The van der Waals surface area contributed by atoms with Crippen LogP contribution in [0.25, 0.3) is 0 Å². The smallest absolute Gasteiger partial charge is 0.227 e. The van der Waals surface area contributed by atoms with E-state index < -0.39 is 11.6 Å². The topological polar surface area (TPSA) is 61.9 Å². The Bertz CT molecular complexity index is 627. The first-order valence-electron chi connectivity index (χ1n) is 6.01. The highest BCUT2D eigenvalue weighted by molar-refractivity contribution is 5.78. The van der Waals surface area contributed by atoms with Gasteiger partial charge < -0.3 is 4.90 Å². The fourth-order valence-electron chi connectivity index (χ4n) is 1.72. The molecule has 1 amide bonds. The minimum absolute atomic E-state index is 0.00287. The van der Waals surface area contributed by atoms with Gasteiger partial charge in [0.1, 0.15) is 5.82 Å². The molecule has 1 aromatic heterocycles. The number of hydrogen-bond acceptors (Lipinski definition) is 3. The maximum Gasteiger partial charge on any atom is 0.227 e. The summed E-state index contributed by atoms with van der Waals surface area (Å²) in [5, 5.41) is 6.62. The molecule has 0 aliphatic rings. The number of nitrogens with one attached hydrogen (secondary N) is 1. The summed E-state index contributed by atoms with van der Waals surface area (Å²) >= 11 is 0. The normalized spacial score (nSPS) is 10.6. The molecule has 0 spiro atoms. The van der Waals surface area contributed by atoms with E-state index >= 15 is 0 Å². The van der Waals surface area contributed by atoms with E-state index in [1.54, 1.807) is 14.0 Å². The molecule has 1 N–H and O–H groups in total. The Morgan fingerprint density at radius 2 is 2.10 bits per heavy atom. The van der Waals surface area contributed by atoms with E-state index in [1.165, 1.54) is 11.0 Å². The van der Waals surface area contributed by atoms with Crippen molar-refractivity contribution in [2.45, 2.75) is 19.9 Å². The zero-order valence-corrected chi connectivity index (χ0v) is 11.2. The first kappa shape index (κ1) is 14.1. The number of nitrogens with zero attached hydrogens (tertiary/aromatic N) is 3. The third-order valence-corrected chi connectivity index (χ3v) is 2.79. The molecule has 0 aliphatic heterocycles. The molecule has 1 aromatic carbocycles. The van der Waals surface area contributed by atoms with Crippen LogP contribution in [-0.4, -0.2) is 33.0 Å². The number of carbonyl (C=O) groups is 1. The second-order valence-corrected chi connectivity index (χ2v) is 4.51. The molecule has 20 heavy (non-hydrogen) atoms. The Balaban J connectivity index is 1.98. The van der Waals surface area contributed by atoms with Crippen molar-refractivity contribution in [3.63, 3.8) is 0 Å². The van der Waals surface area contributed by atoms with Gasteiger partial charge in [0.15, 0.2) is 17.5 Å². The number of aryl methyl sites for hydroxylation is 1. The quantitative estimate of drug-likeness (QED) is 0.925. The average Bonchev–Trinajstić information content (AvgIpc) is 2.79. The molecular weight excluding hydrogens is 266 g/mol. The predicted octanol–water partition coefficient (Wildman–Crippen LogP) is 1.59. The van der Waals surface area contributed by atoms with Gasteiger partial charge in [0.05, 0.1) is 13.0 Å². The van der Waals surface area contributed by atoms with Gasteiger partial charge in [-0.2, -0.15) is 5.10 Å². The number of benzene rings is 1. The third kappa shape index (κ3) is 3.37. The maximum absolute atomic E-state index is 13.1. The zero-order chi connectivity index (χ0) is 14.7. The Morgan fingerprint density at radius 3 is 2.70 bits per heavy atom. The van der Waals surface area contributed by atoms with Gasteiger partial charge >= 0.3 is 0 Å². The van der Waals surface area contributed by atoms with Crippen molar-refractivity contribution in [2.75, 3.05) is 7.05 Å². The van der Waals surface area contributed by atoms with Crippen LogP contribution in [0.3, 0.4) is 0 Å². The molecule has 0 unspecified atom stereocenters. The van der Waals surface area contributed by atoms with Crippen molar-refractivity contribution in [3.05, 3.63) is 47.0 Å². The number of hydrogen-bond donors (Lipinski definition) is 1. The van der Waals surface area contributed by atoms with Gasteiger partial charge in [0.25, 0.3) is 0 Å². The van der Waals surface area contributed by atoms with Crippen LogP contribution in [0.15, 0.2) is 18.2 Å². The Kier molecular flexibility index (Phi) is 4.07. The van der Waals surface area contributed by atoms with Crippen molar-refractivity contribution in [3.8, 4) is 0 Å². The number of rotatable bonds is 4. The van der Waals surface area contributed by atoms with Crippen LogP contribution < -0.4 is 0 Å². The van der Waals surface area contributed by atoms with Gasteiger partial charge in [-0.05, 0) is 24.6 Å². The van der Waals surface area contributed by atoms with Crippen LogP contribution in [-0.2, 0) is 17.8 Å². The van der Waals surface area contributed by atoms with Gasteiger partial charge in [0, 0.05) is 7.05 Å². The third-order valence-electron chi connectivity index (χ3n) is 2.79. The average molecular weight is 280 g/mol. The van der Waals surface area contributed by atoms with Gasteiger partial charge in [0.2, 0.25) is 5.91 Å². The van der Waals surface area contributed by atoms with Crippen LogP contribution in [0.1, 0.15) is 17.2 Å². The monoisotopic (exact) mass is 280 g/mol. The van der Waals surface area contributed by atoms with Gasteiger partial charge in [-0.3, -0.25) is 9.89 Å². The number of halogens is 2. The number of amides is 1. The van der Waals surface area contributed by atoms with Gasteiger partial charge in [-0.1, -0.05) is 6.07 Å². The molecule has 0 saturated heterocycles. The Labute approximate surface area is 114 Å². The highest BCUT2D eigenvalue weighted by Gasteiger charge is 2.13. The van der Waals surface area contributed by atoms with Crippen LogP contribution in [0.5, 0.6) is 0 Å². The van der Waals surface area contributed by atoms with E-state index in [9.17, 15) is 13.6 Å². The molecule has 2 rings (SSSR count). The molecule has 0 fully saturated rings. The fourth-order valence-corrected chi connectivity index (χ4v) is 1.72. The van der Waals surface area contributed by atoms with E-state index in [0.29, 0.717) is 17.2 Å². The Hall–Kier alpha value is -2.31. The lowest BCUT2D eigenvalue weighted by Gasteiger charge is -2.15. The summed E-state index contributed by atoms with van der Waals surface area (Å²) < 4.78 is 25.9. The molecular formula is C13H14F2N4O. The van der Waals surface area contributed by atoms with E-state index in [2.05, 4.69) is 15.2 Å². The molecule has 2 aromatic rings. The first-order chi connectivity index (χ1) is 9.45. The van der Waals surface area contributed by atoms with Gasteiger partial charge in [-0.15, -0.1) is 0 Å².